The minimum Gasteiger partial charge on any atom is -0.389 e. The molecule has 0 unspecified atom stereocenters. The van der Waals surface area contributed by atoms with Gasteiger partial charge in [-0.15, -0.1) is 0 Å². The van der Waals surface area contributed by atoms with E-state index in [1.165, 1.54) is 16.4 Å². The second-order valence-corrected chi connectivity index (χ2v) is 9.62. The smallest absolute Gasteiger partial charge is 0.243 e. The molecule has 1 aromatic carbocycles. The standard InChI is InChI=1S/C20H26N4O4S/c25-18-14-24(29(27,28)17-6-2-1-3-7-17)16-20(18,26)15-22-10-12-23(13-11-22)19-8-4-5-9-21-19/h1-9,18,25-26H,10-16H2/t18-,20+/m1/s1. The number of aliphatic hydroxyl groups excluding tert-OH is 1. The van der Waals surface area contributed by atoms with Crippen LogP contribution in [0.1, 0.15) is 0 Å². The lowest BCUT2D eigenvalue weighted by atomic mass is 9.99. The minimum atomic E-state index is -3.75. The molecule has 1 aromatic heterocycles. The summed E-state index contributed by atoms with van der Waals surface area (Å²) in [7, 11) is -3.75. The molecule has 4 rings (SSSR count). The van der Waals surface area contributed by atoms with E-state index in [9.17, 15) is 18.6 Å². The number of hydrogen-bond acceptors (Lipinski definition) is 7. The average molecular weight is 419 g/mol. The van der Waals surface area contributed by atoms with Gasteiger partial charge in [0.05, 0.1) is 11.0 Å². The number of hydrogen-bond donors (Lipinski definition) is 2. The van der Waals surface area contributed by atoms with Crippen LogP contribution in [0.4, 0.5) is 5.82 Å². The van der Waals surface area contributed by atoms with Gasteiger partial charge in [-0.1, -0.05) is 24.3 Å². The van der Waals surface area contributed by atoms with Crippen molar-refractivity contribution in [3.8, 4) is 0 Å². The van der Waals surface area contributed by atoms with Crippen molar-refractivity contribution in [3.63, 3.8) is 0 Å². The zero-order chi connectivity index (χ0) is 20.5. The average Bonchev–Trinajstić information content (AvgIpc) is 3.05. The van der Waals surface area contributed by atoms with Crippen LogP contribution < -0.4 is 4.90 Å². The lowest BCUT2D eigenvalue weighted by Gasteiger charge is -2.39. The predicted octanol–water partition coefficient (Wildman–Crippen LogP) is 0.000100. The summed E-state index contributed by atoms with van der Waals surface area (Å²) in [4.78, 5) is 8.78. The Balaban J connectivity index is 1.39. The molecule has 156 valence electrons. The molecular weight excluding hydrogens is 392 g/mol. The maximum atomic E-state index is 12.8. The summed E-state index contributed by atoms with van der Waals surface area (Å²) in [5.41, 5.74) is -1.49. The van der Waals surface area contributed by atoms with Crippen LogP contribution in [0.15, 0.2) is 59.6 Å². The van der Waals surface area contributed by atoms with Crippen molar-refractivity contribution in [1.29, 1.82) is 0 Å². The van der Waals surface area contributed by atoms with Gasteiger partial charge in [0.25, 0.3) is 0 Å². The first kappa shape index (κ1) is 20.2. The molecule has 2 aliphatic rings. The van der Waals surface area contributed by atoms with Gasteiger partial charge in [-0.05, 0) is 24.3 Å². The summed E-state index contributed by atoms with van der Waals surface area (Å²) in [6, 6.07) is 13.9. The number of anilines is 1. The third-order valence-electron chi connectivity index (χ3n) is 5.67. The van der Waals surface area contributed by atoms with Crippen LogP contribution in [0.3, 0.4) is 0 Å². The molecule has 2 aromatic rings. The second-order valence-electron chi connectivity index (χ2n) is 7.68. The van der Waals surface area contributed by atoms with E-state index in [4.69, 9.17) is 0 Å². The van der Waals surface area contributed by atoms with Crippen LogP contribution in [0.5, 0.6) is 0 Å². The van der Waals surface area contributed by atoms with Crippen LogP contribution in [-0.4, -0.2) is 90.3 Å². The minimum absolute atomic E-state index is 0.109. The van der Waals surface area contributed by atoms with Crippen molar-refractivity contribution in [3.05, 3.63) is 54.7 Å². The lowest BCUT2D eigenvalue weighted by molar-refractivity contribution is -0.0615. The number of rotatable bonds is 5. The molecule has 0 radical (unpaired) electrons. The van der Waals surface area contributed by atoms with E-state index in [0.29, 0.717) is 13.1 Å². The van der Waals surface area contributed by atoms with Crippen molar-refractivity contribution in [2.75, 3.05) is 50.7 Å². The molecule has 2 atom stereocenters. The maximum absolute atomic E-state index is 12.8. The highest BCUT2D eigenvalue weighted by Gasteiger charge is 2.49. The molecule has 9 heteroatoms. The van der Waals surface area contributed by atoms with Crippen molar-refractivity contribution >= 4 is 15.8 Å². The van der Waals surface area contributed by atoms with Crippen LogP contribution >= 0.6 is 0 Å². The van der Waals surface area contributed by atoms with E-state index in [-0.39, 0.29) is 24.5 Å². The summed E-state index contributed by atoms with van der Waals surface area (Å²) in [6.45, 7) is 2.93. The molecule has 29 heavy (non-hydrogen) atoms. The van der Waals surface area contributed by atoms with Gasteiger partial charge in [0.2, 0.25) is 10.0 Å². The number of aromatic nitrogens is 1. The van der Waals surface area contributed by atoms with Crippen molar-refractivity contribution in [2.24, 2.45) is 0 Å². The Morgan fingerprint density at radius 1 is 1.03 bits per heavy atom. The van der Waals surface area contributed by atoms with E-state index in [2.05, 4.69) is 14.8 Å². The molecule has 3 heterocycles. The highest BCUT2D eigenvalue weighted by molar-refractivity contribution is 7.89. The van der Waals surface area contributed by atoms with Gasteiger partial charge in [-0.25, -0.2) is 13.4 Å². The number of sulfonamides is 1. The summed E-state index contributed by atoms with van der Waals surface area (Å²) in [6.07, 6.45) is 0.635. The predicted molar refractivity (Wildman–Crippen MR) is 109 cm³/mol. The lowest BCUT2D eigenvalue weighted by Crippen LogP contribution is -2.56. The van der Waals surface area contributed by atoms with E-state index >= 15 is 0 Å². The number of benzene rings is 1. The Morgan fingerprint density at radius 2 is 1.72 bits per heavy atom. The van der Waals surface area contributed by atoms with Gasteiger partial charge in [0.15, 0.2) is 0 Å². The summed E-state index contributed by atoms with van der Waals surface area (Å²) in [5, 5.41) is 21.5. The quantitative estimate of drug-likeness (QED) is 0.705. The Kier molecular flexibility index (Phi) is 5.58. The van der Waals surface area contributed by atoms with Gasteiger partial charge in [0, 0.05) is 52.0 Å². The van der Waals surface area contributed by atoms with Gasteiger partial charge in [0.1, 0.15) is 11.4 Å². The van der Waals surface area contributed by atoms with Gasteiger partial charge < -0.3 is 15.1 Å². The van der Waals surface area contributed by atoms with Gasteiger partial charge >= 0.3 is 0 Å². The zero-order valence-corrected chi connectivity index (χ0v) is 16.9. The molecule has 2 saturated heterocycles. The Bertz CT molecular complexity index is 920. The molecule has 2 aliphatic heterocycles. The first-order valence-electron chi connectivity index (χ1n) is 9.72. The van der Waals surface area contributed by atoms with Crippen LogP contribution in [0.25, 0.3) is 0 Å². The molecular formula is C20H26N4O4S. The fourth-order valence-electron chi connectivity index (χ4n) is 3.98. The summed E-state index contributed by atoms with van der Waals surface area (Å²) >= 11 is 0. The van der Waals surface area contributed by atoms with Crippen LogP contribution in [0.2, 0.25) is 0 Å². The van der Waals surface area contributed by atoms with Crippen molar-refractivity contribution in [1.82, 2.24) is 14.2 Å². The monoisotopic (exact) mass is 418 g/mol. The van der Waals surface area contributed by atoms with E-state index in [0.717, 1.165) is 18.9 Å². The number of pyridine rings is 1. The highest BCUT2D eigenvalue weighted by atomic mass is 32.2. The number of aliphatic hydroxyl groups is 2. The fourth-order valence-corrected chi connectivity index (χ4v) is 5.51. The van der Waals surface area contributed by atoms with Gasteiger partial charge in [-0.3, -0.25) is 4.90 Å². The molecule has 0 spiro atoms. The third-order valence-corrected chi connectivity index (χ3v) is 7.50. The Hall–Kier alpha value is -2.04. The zero-order valence-electron chi connectivity index (χ0n) is 16.1. The Morgan fingerprint density at radius 3 is 2.38 bits per heavy atom. The van der Waals surface area contributed by atoms with Crippen molar-refractivity contribution < 1.29 is 18.6 Å². The van der Waals surface area contributed by atoms with Crippen molar-refractivity contribution in [2.45, 2.75) is 16.6 Å². The SMILES string of the molecule is O=S(=O)(c1ccccc1)N1C[C@@H](O)[C@](O)(CN2CCN(c3ccccn3)CC2)C1. The molecule has 8 nitrogen and oxygen atoms in total. The summed E-state index contributed by atoms with van der Waals surface area (Å²) < 4.78 is 26.9. The number of nitrogens with zero attached hydrogens (tertiary/aromatic N) is 4. The molecule has 0 saturated carbocycles. The van der Waals surface area contributed by atoms with E-state index < -0.39 is 21.7 Å². The van der Waals surface area contributed by atoms with E-state index in [1.54, 1.807) is 24.4 Å². The fraction of sp³-hybridized carbons (Fsp3) is 0.450. The topological polar surface area (TPSA) is 97.2 Å². The second kappa shape index (κ2) is 8.00. The van der Waals surface area contributed by atoms with Crippen LogP contribution in [-0.2, 0) is 10.0 Å². The normalized spacial score (nSPS) is 26.7. The number of piperazine rings is 1. The summed E-state index contributed by atoms with van der Waals surface area (Å²) in [5.74, 6) is 0.923. The molecule has 0 bridgehead atoms. The molecule has 0 amide bonds. The first-order chi connectivity index (χ1) is 13.9. The molecule has 2 fully saturated rings. The largest absolute Gasteiger partial charge is 0.389 e. The highest BCUT2D eigenvalue weighted by Crippen LogP contribution is 2.29. The molecule has 0 aliphatic carbocycles. The van der Waals surface area contributed by atoms with Gasteiger partial charge in [-0.2, -0.15) is 4.31 Å². The number of β-amino-alcohol motifs (C(OH)–C–C–N with tert-alkyl or cyclic N) is 2. The van der Waals surface area contributed by atoms with Crippen LogP contribution in [0, 0.1) is 0 Å². The first-order valence-corrected chi connectivity index (χ1v) is 11.2. The maximum Gasteiger partial charge on any atom is 0.243 e. The van der Waals surface area contributed by atoms with E-state index in [1.807, 2.05) is 18.2 Å². The molecule has 2 N–H and O–H groups in total. The Labute approximate surface area is 171 Å². The third kappa shape index (κ3) is 4.15.